The van der Waals surface area contributed by atoms with E-state index >= 15 is 0 Å². The molecule has 5 rings (SSSR count). The van der Waals surface area contributed by atoms with Gasteiger partial charge in [-0.05, 0) is 62.7 Å². The lowest BCUT2D eigenvalue weighted by atomic mass is 10.0. The van der Waals surface area contributed by atoms with E-state index in [9.17, 15) is 19.2 Å². The van der Waals surface area contributed by atoms with E-state index in [1.807, 2.05) is 0 Å². The minimum Gasteiger partial charge on any atom is -0.384 e. The lowest BCUT2D eigenvalue weighted by molar-refractivity contribution is -0.136. The van der Waals surface area contributed by atoms with E-state index in [-0.39, 0.29) is 18.7 Å². The molecule has 170 valence electrons. The van der Waals surface area contributed by atoms with E-state index in [1.165, 1.54) is 0 Å². The summed E-state index contributed by atoms with van der Waals surface area (Å²) in [4.78, 5) is 53.3. The summed E-state index contributed by atoms with van der Waals surface area (Å²) >= 11 is 0. The molecule has 3 atom stereocenters. The number of anilines is 1. The van der Waals surface area contributed by atoms with Crippen molar-refractivity contribution in [2.75, 3.05) is 31.5 Å². The molecule has 9 heteroatoms. The molecule has 3 aliphatic heterocycles. The summed E-state index contributed by atoms with van der Waals surface area (Å²) in [5.74, 6) is -0.734. The minimum absolute atomic E-state index is 0.112. The first-order chi connectivity index (χ1) is 15.4. The number of imide groups is 2. The van der Waals surface area contributed by atoms with Gasteiger partial charge < -0.3 is 16.0 Å². The minimum atomic E-state index is -0.946. The third kappa shape index (κ3) is 3.91. The van der Waals surface area contributed by atoms with Crippen LogP contribution in [0, 0.1) is 11.8 Å². The lowest BCUT2D eigenvalue weighted by Gasteiger charge is -2.30. The van der Waals surface area contributed by atoms with Gasteiger partial charge in [0.2, 0.25) is 11.8 Å². The number of nitrogens with one attached hydrogen (secondary N) is 2. The Morgan fingerprint density at radius 1 is 1.03 bits per heavy atom. The van der Waals surface area contributed by atoms with Crippen LogP contribution in [0.25, 0.3) is 0 Å². The molecule has 4 amide bonds. The Bertz CT molecular complexity index is 971. The number of nitrogens with zero attached hydrogens (tertiary/aromatic N) is 2. The number of fused-ring (bicyclic) bond motifs is 1. The van der Waals surface area contributed by atoms with Crippen molar-refractivity contribution in [3.05, 3.63) is 29.3 Å². The van der Waals surface area contributed by atoms with Crippen LogP contribution in [0.3, 0.4) is 0 Å². The van der Waals surface area contributed by atoms with Gasteiger partial charge in [0.25, 0.3) is 11.8 Å². The molecule has 3 heterocycles. The Morgan fingerprint density at radius 3 is 2.56 bits per heavy atom. The summed E-state index contributed by atoms with van der Waals surface area (Å²) in [6.45, 7) is 3.97. The van der Waals surface area contributed by atoms with Gasteiger partial charge >= 0.3 is 0 Å². The highest BCUT2D eigenvalue weighted by molar-refractivity contribution is 6.25. The van der Waals surface area contributed by atoms with Gasteiger partial charge in [-0.15, -0.1) is 0 Å². The zero-order valence-electron chi connectivity index (χ0n) is 18.0. The van der Waals surface area contributed by atoms with Gasteiger partial charge in [0, 0.05) is 31.2 Å². The molecule has 0 aromatic heterocycles. The Balaban J connectivity index is 1.22. The second kappa shape index (κ2) is 8.29. The van der Waals surface area contributed by atoms with Crippen LogP contribution in [0.1, 0.15) is 52.8 Å². The van der Waals surface area contributed by atoms with Crippen molar-refractivity contribution < 1.29 is 19.2 Å². The molecule has 9 nitrogen and oxygen atoms in total. The molecule has 0 radical (unpaired) electrons. The Labute approximate surface area is 186 Å². The van der Waals surface area contributed by atoms with Crippen molar-refractivity contribution in [3.8, 4) is 0 Å². The second-order valence-corrected chi connectivity index (χ2v) is 9.45. The molecule has 1 aromatic carbocycles. The number of amides is 4. The van der Waals surface area contributed by atoms with Crippen molar-refractivity contribution in [1.82, 2.24) is 15.1 Å². The third-order valence-electron chi connectivity index (χ3n) is 7.22. The van der Waals surface area contributed by atoms with Crippen molar-refractivity contribution in [2.24, 2.45) is 17.6 Å². The quantitative estimate of drug-likeness (QED) is 0.553. The fourth-order valence-corrected chi connectivity index (χ4v) is 5.15. The highest BCUT2D eigenvalue weighted by atomic mass is 16.2. The van der Waals surface area contributed by atoms with E-state index in [0.29, 0.717) is 34.7 Å². The Hall–Kier alpha value is -2.78. The topological polar surface area (TPSA) is 125 Å². The van der Waals surface area contributed by atoms with E-state index in [4.69, 9.17) is 5.73 Å². The molecule has 4 aliphatic rings. The van der Waals surface area contributed by atoms with Crippen LogP contribution in [0.15, 0.2) is 18.2 Å². The number of likely N-dealkylation sites (tertiary alicyclic amines) is 1. The molecule has 1 aromatic rings. The molecular weight excluding hydrogens is 410 g/mol. The number of carbonyl (C=O) groups is 4. The molecule has 32 heavy (non-hydrogen) atoms. The predicted octanol–water partition coefficient (Wildman–Crippen LogP) is 0.559. The third-order valence-corrected chi connectivity index (χ3v) is 7.22. The van der Waals surface area contributed by atoms with E-state index in [0.717, 1.165) is 50.3 Å². The van der Waals surface area contributed by atoms with Crippen LogP contribution in [0.5, 0.6) is 0 Å². The van der Waals surface area contributed by atoms with Crippen LogP contribution >= 0.6 is 0 Å². The maximum Gasteiger partial charge on any atom is 0.264 e. The molecule has 0 spiro atoms. The molecule has 3 fully saturated rings. The number of hydrogen-bond acceptors (Lipinski definition) is 7. The van der Waals surface area contributed by atoms with Gasteiger partial charge in [0.1, 0.15) is 6.04 Å². The van der Waals surface area contributed by atoms with Crippen LogP contribution in [-0.2, 0) is 9.59 Å². The van der Waals surface area contributed by atoms with E-state index < -0.39 is 23.8 Å². The second-order valence-electron chi connectivity index (χ2n) is 9.45. The normalized spacial score (nSPS) is 28.7. The molecule has 1 aliphatic carbocycles. The summed E-state index contributed by atoms with van der Waals surface area (Å²) in [7, 11) is 0. The zero-order chi connectivity index (χ0) is 22.4. The largest absolute Gasteiger partial charge is 0.384 e. The van der Waals surface area contributed by atoms with Gasteiger partial charge in [-0.3, -0.25) is 29.4 Å². The molecule has 2 saturated heterocycles. The molecule has 0 bridgehead atoms. The Morgan fingerprint density at radius 2 is 1.81 bits per heavy atom. The SMILES string of the molecule is NC1CCN(CC2CC2CNc2cccc3c2C(=O)N(C2CCC(=O)NC2=O)C3=O)CC1. The molecule has 1 saturated carbocycles. The van der Waals surface area contributed by atoms with Gasteiger partial charge in [-0.25, -0.2) is 0 Å². The van der Waals surface area contributed by atoms with Crippen LogP contribution < -0.4 is 16.4 Å². The monoisotopic (exact) mass is 439 g/mol. The molecular formula is C23H29N5O4. The summed E-state index contributed by atoms with van der Waals surface area (Å²) in [5, 5.41) is 5.61. The van der Waals surface area contributed by atoms with Gasteiger partial charge in [-0.2, -0.15) is 0 Å². The summed E-state index contributed by atoms with van der Waals surface area (Å²) in [5.41, 5.74) is 7.25. The Kier molecular flexibility index (Phi) is 5.46. The number of rotatable bonds is 6. The summed E-state index contributed by atoms with van der Waals surface area (Å²) in [6.07, 6.45) is 3.54. The summed E-state index contributed by atoms with van der Waals surface area (Å²) in [6, 6.07) is 4.57. The van der Waals surface area contributed by atoms with Crippen LogP contribution in [-0.4, -0.2) is 71.7 Å². The van der Waals surface area contributed by atoms with Crippen molar-refractivity contribution in [1.29, 1.82) is 0 Å². The van der Waals surface area contributed by atoms with Gasteiger partial charge in [0.05, 0.1) is 11.1 Å². The number of benzene rings is 1. The number of hydrogen-bond donors (Lipinski definition) is 3. The highest BCUT2D eigenvalue weighted by Crippen LogP contribution is 2.40. The first-order valence-corrected chi connectivity index (χ1v) is 11.5. The molecule has 4 N–H and O–H groups in total. The van der Waals surface area contributed by atoms with Crippen molar-refractivity contribution >= 4 is 29.3 Å². The number of carbonyl (C=O) groups excluding carboxylic acids is 4. The average Bonchev–Trinajstić information content (AvgIpc) is 3.46. The number of piperidine rings is 2. The molecule has 3 unspecified atom stereocenters. The first-order valence-electron chi connectivity index (χ1n) is 11.5. The smallest absolute Gasteiger partial charge is 0.264 e. The lowest BCUT2D eigenvalue weighted by Crippen LogP contribution is -2.54. The van der Waals surface area contributed by atoms with E-state index in [1.54, 1.807) is 18.2 Å². The van der Waals surface area contributed by atoms with Gasteiger partial charge in [-0.1, -0.05) is 6.07 Å². The van der Waals surface area contributed by atoms with E-state index in [2.05, 4.69) is 15.5 Å². The van der Waals surface area contributed by atoms with Crippen molar-refractivity contribution in [2.45, 2.75) is 44.2 Å². The van der Waals surface area contributed by atoms with Crippen LogP contribution in [0.4, 0.5) is 5.69 Å². The van der Waals surface area contributed by atoms with Gasteiger partial charge in [0.15, 0.2) is 0 Å². The fraction of sp³-hybridized carbons (Fsp3) is 0.565. The first kappa shape index (κ1) is 21.1. The highest BCUT2D eigenvalue weighted by Gasteiger charge is 2.46. The van der Waals surface area contributed by atoms with Crippen LogP contribution in [0.2, 0.25) is 0 Å². The standard InChI is InChI=1S/C23H29N5O4/c24-15-6-8-27(9-7-15)12-14-10-13(14)11-25-17-3-1-2-16-20(17)23(32)28(22(16)31)18-4-5-19(29)26-21(18)30/h1-3,13-15,18,25H,4-12,24H2,(H,26,29,30). The maximum absolute atomic E-state index is 13.2. The average molecular weight is 440 g/mol. The van der Waals surface area contributed by atoms with Crippen molar-refractivity contribution in [3.63, 3.8) is 0 Å². The maximum atomic E-state index is 13.2. The number of nitrogens with two attached hydrogens (primary N) is 1. The zero-order valence-corrected chi connectivity index (χ0v) is 18.0. The predicted molar refractivity (Wildman–Crippen MR) is 117 cm³/mol. The summed E-state index contributed by atoms with van der Waals surface area (Å²) < 4.78 is 0. The fourth-order valence-electron chi connectivity index (χ4n) is 5.15.